The highest BCUT2D eigenvalue weighted by Gasteiger charge is 2.24. The van der Waals surface area contributed by atoms with Gasteiger partial charge in [-0.05, 0) is 30.9 Å². The van der Waals surface area contributed by atoms with Crippen molar-refractivity contribution in [2.24, 2.45) is 11.7 Å². The van der Waals surface area contributed by atoms with E-state index in [1.165, 1.54) is 12.8 Å². The average molecular weight is 306 g/mol. The van der Waals surface area contributed by atoms with Crippen LogP contribution in [0.2, 0.25) is 0 Å². The molecule has 2 atom stereocenters. The van der Waals surface area contributed by atoms with E-state index in [1.807, 2.05) is 24.3 Å². The van der Waals surface area contributed by atoms with Gasteiger partial charge in [-0.3, -0.25) is 4.79 Å². The maximum Gasteiger partial charge on any atom is 0.224 e. The van der Waals surface area contributed by atoms with Gasteiger partial charge in [-0.2, -0.15) is 0 Å². The number of carbonyl (C=O) groups excluding carboxylic acids is 1. The van der Waals surface area contributed by atoms with Crippen molar-refractivity contribution in [3.05, 3.63) is 24.3 Å². The monoisotopic (exact) mass is 306 g/mol. The van der Waals surface area contributed by atoms with Gasteiger partial charge in [-0.1, -0.05) is 18.9 Å². The minimum absolute atomic E-state index is 0.0244. The SMILES string of the molecule is COCCOc1cccc(NC(=O)CC2CCCCC2N)c1. The Morgan fingerprint density at radius 1 is 1.32 bits per heavy atom. The molecule has 2 rings (SSSR count). The van der Waals surface area contributed by atoms with Crippen LogP contribution < -0.4 is 15.8 Å². The highest BCUT2D eigenvalue weighted by Crippen LogP contribution is 2.26. The summed E-state index contributed by atoms with van der Waals surface area (Å²) in [6.07, 6.45) is 4.93. The zero-order valence-corrected chi connectivity index (χ0v) is 13.2. The second-order valence-corrected chi connectivity index (χ2v) is 5.83. The summed E-state index contributed by atoms with van der Waals surface area (Å²) < 4.78 is 10.5. The fraction of sp³-hybridized carbons (Fsp3) is 0.588. The molecule has 0 saturated heterocycles. The van der Waals surface area contributed by atoms with Crippen molar-refractivity contribution in [3.8, 4) is 5.75 Å². The van der Waals surface area contributed by atoms with Crippen molar-refractivity contribution in [2.45, 2.75) is 38.1 Å². The van der Waals surface area contributed by atoms with Crippen molar-refractivity contribution in [3.63, 3.8) is 0 Å². The number of carbonyl (C=O) groups is 1. The molecule has 1 amide bonds. The topological polar surface area (TPSA) is 73.6 Å². The molecular formula is C17H26N2O3. The number of amides is 1. The van der Waals surface area contributed by atoms with Crippen LogP contribution in [-0.2, 0) is 9.53 Å². The Kier molecular flexibility index (Phi) is 6.68. The molecule has 1 aromatic carbocycles. The Balaban J connectivity index is 1.84. The molecule has 5 heteroatoms. The number of anilines is 1. The third-order valence-electron chi connectivity index (χ3n) is 4.09. The van der Waals surface area contributed by atoms with Crippen molar-refractivity contribution in [1.82, 2.24) is 0 Å². The van der Waals surface area contributed by atoms with Gasteiger partial charge in [0.05, 0.1) is 6.61 Å². The Labute approximate surface area is 132 Å². The predicted molar refractivity (Wildman–Crippen MR) is 87.0 cm³/mol. The van der Waals surface area contributed by atoms with Crippen LogP contribution >= 0.6 is 0 Å². The van der Waals surface area contributed by atoms with Crippen LogP contribution in [0.25, 0.3) is 0 Å². The van der Waals surface area contributed by atoms with Crippen molar-refractivity contribution < 1.29 is 14.3 Å². The van der Waals surface area contributed by atoms with Gasteiger partial charge in [0.15, 0.2) is 0 Å². The van der Waals surface area contributed by atoms with Crippen LogP contribution in [0.5, 0.6) is 5.75 Å². The number of hydrogen-bond donors (Lipinski definition) is 2. The molecule has 0 spiro atoms. The lowest BCUT2D eigenvalue weighted by Crippen LogP contribution is -2.35. The van der Waals surface area contributed by atoms with E-state index < -0.39 is 0 Å². The molecule has 1 aliphatic rings. The highest BCUT2D eigenvalue weighted by atomic mass is 16.5. The number of nitrogens with two attached hydrogens (primary N) is 1. The molecule has 1 aromatic rings. The minimum atomic E-state index is 0.0244. The second-order valence-electron chi connectivity index (χ2n) is 5.83. The van der Waals surface area contributed by atoms with Crippen molar-refractivity contribution in [2.75, 3.05) is 25.6 Å². The molecule has 3 N–H and O–H groups in total. The number of nitrogens with one attached hydrogen (secondary N) is 1. The summed E-state index contributed by atoms with van der Waals surface area (Å²) in [5, 5.41) is 2.93. The predicted octanol–water partition coefficient (Wildman–Crippen LogP) is 2.56. The average Bonchev–Trinajstić information content (AvgIpc) is 2.50. The van der Waals surface area contributed by atoms with Gasteiger partial charge < -0.3 is 20.5 Å². The zero-order valence-electron chi connectivity index (χ0n) is 13.2. The number of rotatable bonds is 7. The van der Waals surface area contributed by atoms with E-state index in [2.05, 4.69) is 5.32 Å². The molecule has 122 valence electrons. The second kappa shape index (κ2) is 8.76. The van der Waals surface area contributed by atoms with Crippen LogP contribution in [0.4, 0.5) is 5.69 Å². The van der Waals surface area contributed by atoms with E-state index in [0.717, 1.165) is 24.3 Å². The van der Waals surface area contributed by atoms with E-state index in [1.54, 1.807) is 7.11 Å². The fourth-order valence-electron chi connectivity index (χ4n) is 2.85. The molecular weight excluding hydrogens is 280 g/mol. The summed E-state index contributed by atoms with van der Waals surface area (Å²) in [4.78, 5) is 12.2. The largest absolute Gasteiger partial charge is 0.491 e. The summed E-state index contributed by atoms with van der Waals surface area (Å²) in [6, 6.07) is 7.58. The van der Waals surface area contributed by atoms with E-state index in [4.69, 9.17) is 15.2 Å². The maximum atomic E-state index is 12.2. The first-order valence-electron chi connectivity index (χ1n) is 7.96. The zero-order chi connectivity index (χ0) is 15.8. The van der Waals surface area contributed by atoms with E-state index in [0.29, 0.717) is 25.6 Å². The van der Waals surface area contributed by atoms with Crippen LogP contribution in [0, 0.1) is 5.92 Å². The third-order valence-corrected chi connectivity index (χ3v) is 4.09. The lowest BCUT2D eigenvalue weighted by atomic mass is 9.83. The quantitative estimate of drug-likeness (QED) is 0.759. The lowest BCUT2D eigenvalue weighted by Gasteiger charge is -2.27. The molecule has 1 aliphatic carbocycles. The first-order valence-corrected chi connectivity index (χ1v) is 7.96. The normalized spacial score (nSPS) is 21.4. The van der Waals surface area contributed by atoms with Gasteiger partial charge in [0.1, 0.15) is 12.4 Å². The molecule has 1 saturated carbocycles. The number of methoxy groups -OCH3 is 1. The van der Waals surface area contributed by atoms with Crippen LogP contribution in [0.1, 0.15) is 32.1 Å². The Morgan fingerprint density at radius 2 is 2.14 bits per heavy atom. The molecule has 0 aliphatic heterocycles. The Morgan fingerprint density at radius 3 is 2.91 bits per heavy atom. The van der Waals surface area contributed by atoms with Gasteiger partial charge in [0, 0.05) is 31.3 Å². The van der Waals surface area contributed by atoms with E-state index >= 15 is 0 Å². The van der Waals surface area contributed by atoms with Gasteiger partial charge in [0.2, 0.25) is 5.91 Å². The Hall–Kier alpha value is -1.59. The highest BCUT2D eigenvalue weighted by molar-refractivity contribution is 5.91. The van der Waals surface area contributed by atoms with Gasteiger partial charge in [0.25, 0.3) is 0 Å². The maximum absolute atomic E-state index is 12.2. The third kappa shape index (κ3) is 5.31. The summed E-state index contributed by atoms with van der Waals surface area (Å²) in [6.45, 7) is 1.03. The van der Waals surface area contributed by atoms with Crippen LogP contribution in [0.3, 0.4) is 0 Å². The van der Waals surface area contributed by atoms with Crippen molar-refractivity contribution >= 4 is 11.6 Å². The molecule has 0 heterocycles. The number of ether oxygens (including phenoxy) is 2. The van der Waals surface area contributed by atoms with Crippen LogP contribution in [0.15, 0.2) is 24.3 Å². The molecule has 0 radical (unpaired) electrons. The number of benzene rings is 1. The lowest BCUT2D eigenvalue weighted by molar-refractivity contribution is -0.117. The van der Waals surface area contributed by atoms with Gasteiger partial charge in [-0.25, -0.2) is 0 Å². The molecule has 1 fully saturated rings. The first kappa shape index (κ1) is 16.8. The summed E-state index contributed by atoms with van der Waals surface area (Å²) >= 11 is 0. The summed E-state index contributed by atoms with van der Waals surface area (Å²) in [7, 11) is 1.63. The molecule has 22 heavy (non-hydrogen) atoms. The summed E-state index contributed by atoms with van der Waals surface area (Å²) in [5.41, 5.74) is 6.85. The number of hydrogen-bond acceptors (Lipinski definition) is 4. The van der Waals surface area contributed by atoms with Gasteiger partial charge >= 0.3 is 0 Å². The smallest absolute Gasteiger partial charge is 0.224 e. The standard InChI is InChI=1S/C17H26N2O3/c1-21-9-10-22-15-7-4-6-14(12-15)19-17(20)11-13-5-2-3-8-16(13)18/h4,6-7,12-13,16H,2-3,5,8-11,18H2,1H3,(H,19,20). The molecule has 2 unspecified atom stereocenters. The molecule has 0 aromatic heterocycles. The first-order chi connectivity index (χ1) is 10.7. The van der Waals surface area contributed by atoms with Crippen LogP contribution in [-0.4, -0.2) is 32.3 Å². The fourth-order valence-corrected chi connectivity index (χ4v) is 2.85. The van der Waals surface area contributed by atoms with Gasteiger partial charge in [-0.15, -0.1) is 0 Å². The minimum Gasteiger partial charge on any atom is -0.491 e. The van der Waals surface area contributed by atoms with E-state index in [9.17, 15) is 4.79 Å². The molecule has 0 bridgehead atoms. The van der Waals surface area contributed by atoms with Crippen molar-refractivity contribution in [1.29, 1.82) is 0 Å². The summed E-state index contributed by atoms with van der Waals surface area (Å²) in [5.74, 6) is 1.05. The molecule has 5 nitrogen and oxygen atoms in total. The van der Waals surface area contributed by atoms with E-state index in [-0.39, 0.29) is 11.9 Å². The Bertz CT molecular complexity index is 479.